The average Bonchev–Trinajstić information content (AvgIpc) is 2.86. The summed E-state index contributed by atoms with van der Waals surface area (Å²) in [7, 11) is 1.90. The highest BCUT2D eigenvalue weighted by Crippen LogP contribution is 2.14. The predicted octanol–water partition coefficient (Wildman–Crippen LogP) is 1.14. The fraction of sp³-hybridized carbons (Fsp3) is 0.545. The van der Waals surface area contributed by atoms with Gasteiger partial charge in [0, 0.05) is 19.5 Å². The van der Waals surface area contributed by atoms with Gasteiger partial charge in [-0.1, -0.05) is 5.16 Å². The second-order valence-electron chi connectivity index (χ2n) is 4.27. The zero-order valence-electron chi connectivity index (χ0n) is 10.1. The fourth-order valence-electron chi connectivity index (χ4n) is 1.61. The van der Waals surface area contributed by atoms with Crippen molar-refractivity contribution in [2.45, 2.75) is 32.2 Å². The molecule has 2 N–H and O–H groups in total. The van der Waals surface area contributed by atoms with Crippen molar-refractivity contribution in [1.29, 1.82) is 0 Å². The normalized spacial score (nSPS) is 12.9. The molecule has 2 aromatic heterocycles. The van der Waals surface area contributed by atoms with Crippen molar-refractivity contribution in [2.75, 3.05) is 0 Å². The number of imidazole rings is 1. The van der Waals surface area contributed by atoms with Crippen LogP contribution in [0.4, 0.5) is 0 Å². The molecule has 2 aromatic rings. The van der Waals surface area contributed by atoms with Crippen molar-refractivity contribution in [3.63, 3.8) is 0 Å². The van der Waals surface area contributed by atoms with E-state index in [-0.39, 0.29) is 6.04 Å². The minimum atomic E-state index is 0.217. The summed E-state index contributed by atoms with van der Waals surface area (Å²) in [5.74, 6) is 1.24. The van der Waals surface area contributed by atoms with Gasteiger partial charge in [0.25, 0.3) is 0 Å². The third-order valence-corrected chi connectivity index (χ3v) is 2.56. The topological polar surface area (TPSA) is 82.8 Å². The molecular formula is C11H17N5O. The maximum absolute atomic E-state index is 5.68. The Bertz CT molecular complexity index is 474. The lowest BCUT2D eigenvalue weighted by Crippen LogP contribution is -2.14. The molecule has 0 saturated heterocycles. The van der Waals surface area contributed by atoms with Gasteiger partial charge in [0.15, 0.2) is 0 Å². The summed E-state index contributed by atoms with van der Waals surface area (Å²) < 4.78 is 7.04. The summed E-state index contributed by atoms with van der Waals surface area (Å²) in [5, 5.41) is 3.94. The van der Waals surface area contributed by atoms with E-state index in [2.05, 4.69) is 15.1 Å². The third kappa shape index (κ3) is 2.91. The Kier molecular flexibility index (Phi) is 3.53. The first-order valence-electron chi connectivity index (χ1n) is 5.71. The van der Waals surface area contributed by atoms with Gasteiger partial charge in [0.1, 0.15) is 5.69 Å². The number of aromatic nitrogens is 4. The molecule has 2 heterocycles. The van der Waals surface area contributed by atoms with Crippen LogP contribution in [0.5, 0.6) is 0 Å². The van der Waals surface area contributed by atoms with Crippen LogP contribution in [0.2, 0.25) is 0 Å². The van der Waals surface area contributed by atoms with Crippen LogP contribution in [0.3, 0.4) is 0 Å². The first-order chi connectivity index (χ1) is 8.16. The molecule has 17 heavy (non-hydrogen) atoms. The molecule has 6 nitrogen and oxygen atoms in total. The quantitative estimate of drug-likeness (QED) is 0.840. The van der Waals surface area contributed by atoms with Crippen LogP contribution in [-0.2, 0) is 13.5 Å². The molecule has 1 unspecified atom stereocenters. The number of rotatable bonds is 5. The molecular weight excluding hydrogens is 218 g/mol. The minimum absolute atomic E-state index is 0.217. The molecule has 6 heteroatoms. The monoisotopic (exact) mass is 235 g/mol. The largest absolute Gasteiger partial charge is 0.339 e. The van der Waals surface area contributed by atoms with Gasteiger partial charge in [-0.05, 0) is 19.8 Å². The van der Waals surface area contributed by atoms with Crippen LogP contribution in [0.1, 0.15) is 25.7 Å². The van der Waals surface area contributed by atoms with Gasteiger partial charge in [0.05, 0.1) is 12.5 Å². The van der Waals surface area contributed by atoms with Gasteiger partial charge in [0.2, 0.25) is 11.7 Å². The zero-order chi connectivity index (χ0) is 12.3. The molecule has 0 spiro atoms. The van der Waals surface area contributed by atoms with E-state index in [9.17, 15) is 0 Å². The van der Waals surface area contributed by atoms with Gasteiger partial charge in [-0.3, -0.25) is 0 Å². The van der Waals surface area contributed by atoms with E-state index < -0.39 is 0 Å². The number of hydrogen-bond acceptors (Lipinski definition) is 5. The first kappa shape index (κ1) is 11.8. The van der Waals surface area contributed by atoms with E-state index in [4.69, 9.17) is 10.3 Å². The lowest BCUT2D eigenvalue weighted by Gasteiger charge is -2.00. The Morgan fingerprint density at radius 3 is 3.00 bits per heavy atom. The third-order valence-electron chi connectivity index (χ3n) is 2.56. The van der Waals surface area contributed by atoms with Crippen molar-refractivity contribution < 1.29 is 4.52 Å². The summed E-state index contributed by atoms with van der Waals surface area (Å²) >= 11 is 0. The average molecular weight is 235 g/mol. The molecule has 0 saturated carbocycles. The molecule has 2 rings (SSSR count). The predicted molar refractivity (Wildman–Crippen MR) is 63.1 cm³/mol. The highest BCUT2D eigenvalue weighted by Gasteiger charge is 2.11. The van der Waals surface area contributed by atoms with Crippen molar-refractivity contribution in [1.82, 2.24) is 19.7 Å². The van der Waals surface area contributed by atoms with Crippen molar-refractivity contribution >= 4 is 0 Å². The van der Waals surface area contributed by atoms with Crippen LogP contribution in [0.25, 0.3) is 11.5 Å². The molecule has 0 aliphatic carbocycles. The molecule has 0 radical (unpaired) electrons. The zero-order valence-corrected chi connectivity index (χ0v) is 10.1. The van der Waals surface area contributed by atoms with E-state index >= 15 is 0 Å². The second-order valence-corrected chi connectivity index (χ2v) is 4.27. The van der Waals surface area contributed by atoms with Gasteiger partial charge < -0.3 is 14.8 Å². The molecule has 1 atom stereocenters. The van der Waals surface area contributed by atoms with Gasteiger partial charge >= 0.3 is 0 Å². The molecule has 0 aromatic carbocycles. The number of nitrogens with two attached hydrogens (primary N) is 1. The van der Waals surface area contributed by atoms with Crippen LogP contribution in [0.15, 0.2) is 17.0 Å². The van der Waals surface area contributed by atoms with E-state index in [1.807, 2.05) is 18.5 Å². The summed E-state index contributed by atoms with van der Waals surface area (Å²) in [6.07, 6.45) is 6.12. The summed E-state index contributed by atoms with van der Waals surface area (Å²) in [6, 6.07) is 0.217. The molecule has 0 bridgehead atoms. The van der Waals surface area contributed by atoms with Crippen LogP contribution < -0.4 is 5.73 Å². The van der Waals surface area contributed by atoms with Crippen molar-refractivity contribution in [3.8, 4) is 11.5 Å². The standard InChI is InChI=1S/C11H17N5O/c1-8(12)4-3-5-10-14-11(15-17-10)9-6-13-7-16(9)2/h6-8H,3-5,12H2,1-2H3. The maximum Gasteiger partial charge on any atom is 0.227 e. The number of hydrogen-bond donors (Lipinski definition) is 1. The molecule has 0 fully saturated rings. The fourth-order valence-corrected chi connectivity index (χ4v) is 1.61. The Morgan fingerprint density at radius 2 is 2.35 bits per heavy atom. The molecule has 0 amide bonds. The van der Waals surface area contributed by atoms with E-state index in [1.54, 1.807) is 12.5 Å². The smallest absolute Gasteiger partial charge is 0.227 e. The van der Waals surface area contributed by atoms with E-state index in [0.29, 0.717) is 11.7 Å². The van der Waals surface area contributed by atoms with Gasteiger partial charge in [-0.15, -0.1) is 0 Å². The van der Waals surface area contributed by atoms with Gasteiger partial charge in [-0.25, -0.2) is 4.98 Å². The lowest BCUT2D eigenvalue weighted by atomic mass is 10.1. The Labute approximate surface area is 99.8 Å². The number of nitrogens with zero attached hydrogens (tertiary/aromatic N) is 4. The molecule has 92 valence electrons. The second kappa shape index (κ2) is 5.09. The van der Waals surface area contributed by atoms with Gasteiger partial charge in [-0.2, -0.15) is 4.98 Å². The molecule has 0 aliphatic rings. The highest BCUT2D eigenvalue weighted by atomic mass is 16.5. The lowest BCUT2D eigenvalue weighted by molar-refractivity contribution is 0.373. The van der Waals surface area contributed by atoms with E-state index in [1.165, 1.54) is 0 Å². The van der Waals surface area contributed by atoms with Crippen LogP contribution in [0, 0.1) is 0 Å². The Balaban J connectivity index is 1.99. The Hall–Kier alpha value is -1.69. The highest BCUT2D eigenvalue weighted by molar-refractivity contribution is 5.46. The minimum Gasteiger partial charge on any atom is -0.339 e. The Morgan fingerprint density at radius 1 is 1.53 bits per heavy atom. The summed E-state index contributed by atoms with van der Waals surface area (Å²) in [5.41, 5.74) is 6.53. The first-order valence-corrected chi connectivity index (χ1v) is 5.71. The molecule has 0 aliphatic heterocycles. The summed E-state index contributed by atoms with van der Waals surface area (Å²) in [4.78, 5) is 8.35. The van der Waals surface area contributed by atoms with Crippen LogP contribution in [-0.4, -0.2) is 25.7 Å². The SMILES string of the molecule is CC(N)CCCc1nc(-c2cncn2C)no1. The van der Waals surface area contributed by atoms with Crippen LogP contribution >= 0.6 is 0 Å². The van der Waals surface area contributed by atoms with E-state index in [0.717, 1.165) is 25.0 Å². The van der Waals surface area contributed by atoms with Crippen molar-refractivity contribution in [3.05, 3.63) is 18.4 Å². The maximum atomic E-state index is 5.68. The summed E-state index contributed by atoms with van der Waals surface area (Å²) in [6.45, 7) is 1.99. The van der Waals surface area contributed by atoms with Crippen molar-refractivity contribution in [2.24, 2.45) is 12.8 Å². The number of aryl methyl sites for hydroxylation is 2.